The minimum absolute atomic E-state index is 0.306. The summed E-state index contributed by atoms with van der Waals surface area (Å²) in [4.78, 5) is 13.1. The fourth-order valence-corrected chi connectivity index (χ4v) is 2.85. The van der Waals surface area contributed by atoms with Gasteiger partial charge >= 0.3 is 0 Å². The zero-order chi connectivity index (χ0) is 16.4. The number of hydrogen-bond donors (Lipinski definition) is 1. The fraction of sp³-hybridized carbons (Fsp3) is 0.438. The zero-order valence-electron chi connectivity index (χ0n) is 13.4. The van der Waals surface area contributed by atoms with Gasteiger partial charge in [0.05, 0.1) is 12.3 Å². The van der Waals surface area contributed by atoms with E-state index in [0.29, 0.717) is 35.8 Å². The first-order chi connectivity index (χ1) is 11.8. The van der Waals surface area contributed by atoms with Gasteiger partial charge < -0.3 is 14.4 Å². The maximum atomic E-state index is 5.42. The van der Waals surface area contributed by atoms with Crippen molar-refractivity contribution in [3.63, 3.8) is 0 Å². The lowest BCUT2D eigenvalue weighted by molar-refractivity contribution is 0.320. The molecule has 4 rings (SSSR count). The van der Waals surface area contributed by atoms with Crippen LogP contribution in [-0.4, -0.2) is 38.4 Å². The van der Waals surface area contributed by atoms with Gasteiger partial charge in [0.1, 0.15) is 0 Å². The van der Waals surface area contributed by atoms with Crippen LogP contribution in [0.1, 0.15) is 42.0 Å². The van der Waals surface area contributed by atoms with Gasteiger partial charge in [0.15, 0.2) is 11.6 Å². The van der Waals surface area contributed by atoms with E-state index in [-0.39, 0.29) is 0 Å². The highest BCUT2D eigenvalue weighted by Crippen LogP contribution is 2.22. The Labute approximate surface area is 138 Å². The number of pyridine rings is 1. The Hall–Kier alpha value is -2.61. The molecule has 1 aliphatic heterocycles. The zero-order valence-corrected chi connectivity index (χ0v) is 13.4. The maximum absolute atomic E-state index is 5.42. The Kier molecular flexibility index (Phi) is 4.04. The van der Waals surface area contributed by atoms with E-state index >= 15 is 0 Å². The number of rotatable bonds is 4. The number of aryl methyl sites for hydroxylation is 1. The molecule has 124 valence electrons. The average molecular weight is 326 g/mol. The molecule has 3 aromatic rings. The molecule has 0 saturated carbocycles. The van der Waals surface area contributed by atoms with E-state index in [1.165, 1.54) is 0 Å². The Morgan fingerprint density at radius 1 is 1.25 bits per heavy atom. The van der Waals surface area contributed by atoms with Crippen molar-refractivity contribution in [2.45, 2.75) is 32.1 Å². The van der Waals surface area contributed by atoms with Crippen LogP contribution in [0.25, 0.3) is 11.5 Å². The van der Waals surface area contributed by atoms with E-state index in [2.05, 4.69) is 30.6 Å². The standard InChI is InChI=1S/C16H18N6O2/c1-10-19-15(23-21-10)11-4-6-18-13(7-11)8-14-20-16(24-22-14)12-3-2-5-17-9-12/h4,6-7,12,17H,2-3,5,8-9H2,1H3. The number of piperidine rings is 1. The molecular formula is C16H18N6O2. The molecule has 1 N–H and O–H groups in total. The summed E-state index contributed by atoms with van der Waals surface area (Å²) in [5.74, 6) is 2.74. The normalized spacial score (nSPS) is 18.0. The van der Waals surface area contributed by atoms with Crippen LogP contribution in [0.15, 0.2) is 27.4 Å². The summed E-state index contributed by atoms with van der Waals surface area (Å²) in [5.41, 5.74) is 1.67. The molecule has 8 heteroatoms. The van der Waals surface area contributed by atoms with Crippen LogP contribution in [0.5, 0.6) is 0 Å². The Bertz CT molecular complexity index is 821. The van der Waals surface area contributed by atoms with Crippen LogP contribution in [0, 0.1) is 6.92 Å². The van der Waals surface area contributed by atoms with Gasteiger partial charge in [-0.3, -0.25) is 4.98 Å². The number of aromatic nitrogens is 5. The van der Waals surface area contributed by atoms with Gasteiger partial charge in [0.25, 0.3) is 5.89 Å². The van der Waals surface area contributed by atoms with Gasteiger partial charge in [-0.25, -0.2) is 0 Å². The van der Waals surface area contributed by atoms with E-state index in [0.717, 1.165) is 37.2 Å². The molecule has 24 heavy (non-hydrogen) atoms. The quantitative estimate of drug-likeness (QED) is 0.775. The second-order valence-electron chi connectivity index (χ2n) is 5.95. The first kappa shape index (κ1) is 14.9. The molecule has 0 aliphatic carbocycles. The predicted octanol–water partition coefficient (Wildman–Crippen LogP) is 1.88. The molecule has 0 bridgehead atoms. The molecule has 1 unspecified atom stereocenters. The molecule has 1 aliphatic rings. The largest absolute Gasteiger partial charge is 0.339 e. The minimum atomic E-state index is 0.306. The van der Waals surface area contributed by atoms with Crippen LogP contribution in [0.4, 0.5) is 0 Å². The molecule has 1 atom stereocenters. The second kappa shape index (κ2) is 6.48. The molecule has 0 amide bonds. The molecule has 0 aromatic carbocycles. The third-order valence-corrected chi connectivity index (χ3v) is 4.06. The lowest BCUT2D eigenvalue weighted by Crippen LogP contribution is -2.28. The Morgan fingerprint density at radius 2 is 2.21 bits per heavy atom. The minimum Gasteiger partial charge on any atom is -0.339 e. The Balaban J connectivity index is 1.50. The average Bonchev–Trinajstić information content (AvgIpc) is 3.25. The number of nitrogens with zero attached hydrogens (tertiary/aromatic N) is 5. The van der Waals surface area contributed by atoms with Crippen molar-refractivity contribution in [3.8, 4) is 11.5 Å². The van der Waals surface area contributed by atoms with Crippen LogP contribution in [0.2, 0.25) is 0 Å². The molecule has 1 fully saturated rings. The lowest BCUT2D eigenvalue weighted by Gasteiger charge is -2.18. The van der Waals surface area contributed by atoms with E-state index < -0.39 is 0 Å². The molecule has 0 radical (unpaired) electrons. The number of hydrogen-bond acceptors (Lipinski definition) is 8. The van der Waals surface area contributed by atoms with E-state index in [4.69, 9.17) is 9.05 Å². The maximum Gasteiger partial charge on any atom is 0.258 e. The van der Waals surface area contributed by atoms with Crippen molar-refractivity contribution < 1.29 is 9.05 Å². The van der Waals surface area contributed by atoms with Crippen molar-refractivity contribution in [2.24, 2.45) is 0 Å². The van der Waals surface area contributed by atoms with Crippen LogP contribution < -0.4 is 5.32 Å². The smallest absolute Gasteiger partial charge is 0.258 e. The van der Waals surface area contributed by atoms with E-state index in [1.807, 2.05) is 12.1 Å². The number of nitrogens with one attached hydrogen (secondary N) is 1. The fourth-order valence-electron chi connectivity index (χ4n) is 2.85. The van der Waals surface area contributed by atoms with Crippen LogP contribution >= 0.6 is 0 Å². The van der Waals surface area contributed by atoms with Gasteiger partial charge in [0, 0.05) is 24.0 Å². The predicted molar refractivity (Wildman–Crippen MR) is 84.2 cm³/mol. The van der Waals surface area contributed by atoms with Crippen molar-refractivity contribution in [1.29, 1.82) is 0 Å². The monoisotopic (exact) mass is 326 g/mol. The van der Waals surface area contributed by atoms with Gasteiger partial charge in [-0.1, -0.05) is 10.3 Å². The highest BCUT2D eigenvalue weighted by molar-refractivity contribution is 5.52. The summed E-state index contributed by atoms with van der Waals surface area (Å²) in [7, 11) is 0. The van der Waals surface area contributed by atoms with Gasteiger partial charge in [-0.2, -0.15) is 9.97 Å². The van der Waals surface area contributed by atoms with Crippen LogP contribution in [0.3, 0.4) is 0 Å². The highest BCUT2D eigenvalue weighted by atomic mass is 16.5. The molecule has 1 saturated heterocycles. The van der Waals surface area contributed by atoms with Gasteiger partial charge in [0.2, 0.25) is 5.89 Å². The summed E-state index contributed by atoms with van der Waals surface area (Å²) >= 11 is 0. The summed E-state index contributed by atoms with van der Waals surface area (Å²) in [6.07, 6.45) is 4.44. The summed E-state index contributed by atoms with van der Waals surface area (Å²) in [6, 6.07) is 3.75. The van der Waals surface area contributed by atoms with Crippen molar-refractivity contribution in [3.05, 3.63) is 41.6 Å². The first-order valence-corrected chi connectivity index (χ1v) is 8.07. The summed E-state index contributed by atoms with van der Waals surface area (Å²) < 4.78 is 10.6. The van der Waals surface area contributed by atoms with Crippen molar-refractivity contribution in [2.75, 3.05) is 13.1 Å². The highest BCUT2D eigenvalue weighted by Gasteiger charge is 2.21. The van der Waals surface area contributed by atoms with E-state index in [9.17, 15) is 0 Å². The van der Waals surface area contributed by atoms with Gasteiger partial charge in [-0.15, -0.1) is 0 Å². The van der Waals surface area contributed by atoms with Crippen molar-refractivity contribution in [1.82, 2.24) is 30.6 Å². The third kappa shape index (κ3) is 3.18. The first-order valence-electron chi connectivity index (χ1n) is 8.07. The molecule has 0 spiro atoms. The summed E-state index contributed by atoms with van der Waals surface area (Å²) in [6.45, 7) is 3.74. The van der Waals surface area contributed by atoms with Crippen molar-refractivity contribution >= 4 is 0 Å². The van der Waals surface area contributed by atoms with Gasteiger partial charge in [-0.05, 0) is 38.4 Å². The lowest BCUT2D eigenvalue weighted by atomic mass is 10.00. The van der Waals surface area contributed by atoms with Crippen LogP contribution in [-0.2, 0) is 6.42 Å². The topological polar surface area (TPSA) is 103 Å². The molecule has 4 heterocycles. The Morgan fingerprint density at radius 3 is 3.00 bits per heavy atom. The second-order valence-corrected chi connectivity index (χ2v) is 5.95. The third-order valence-electron chi connectivity index (χ3n) is 4.06. The molecule has 3 aromatic heterocycles. The molecule has 8 nitrogen and oxygen atoms in total. The van der Waals surface area contributed by atoms with E-state index in [1.54, 1.807) is 13.1 Å². The summed E-state index contributed by atoms with van der Waals surface area (Å²) in [5, 5.41) is 11.3. The molecular weight excluding hydrogens is 308 g/mol. The SMILES string of the molecule is Cc1noc(-c2ccnc(Cc3noc(C4CCCNC4)n3)c2)n1.